The third-order valence-corrected chi connectivity index (χ3v) is 3.82. The topological polar surface area (TPSA) is 29.3 Å². The second kappa shape index (κ2) is 5.85. The molecule has 2 atom stereocenters. The molecule has 0 fully saturated rings. The predicted octanol–water partition coefficient (Wildman–Crippen LogP) is 3.24. The lowest BCUT2D eigenvalue weighted by Crippen LogP contribution is -2.53. The molecule has 3 heteroatoms. The smallest absolute Gasteiger partial charge is 0.0564 e. The van der Waals surface area contributed by atoms with E-state index in [9.17, 15) is 0 Å². The van der Waals surface area contributed by atoms with E-state index in [1.807, 2.05) is 24.3 Å². The summed E-state index contributed by atoms with van der Waals surface area (Å²) in [4.78, 5) is 2.21. The van der Waals surface area contributed by atoms with Gasteiger partial charge < -0.3 is 10.6 Å². The highest BCUT2D eigenvalue weighted by Gasteiger charge is 2.35. The molecule has 0 amide bonds. The molecule has 1 aromatic rings. The van der Waals surface area contributed by atoms with Crippen molar-refractivity contribution in [1.82, 2.24) is 4.90 Å². The average Bonchev–Trinajstić information content (AvgIpc) is 2.29. The second-order valence-electron chi connectivity index (χ2n) is 4.79. The molecule has 0 aliphatic carbocycles. The summed E-state index contributed by atoms with van der Waals surface area (Å²) in [5, 5.41) is 0.755. The number of benzene rings is 1. The summed E-state index contributed by atoms with van der Waals surface area (Å²) in [6.45, 7) is 4.32. The average molecular weight is 255 g/mol. The fourth-order valence-electron chi connectivity index (χ4n) is 2.58. The van der Waals surface area contributed by atoms with Crippen LogP contribution in [0.25, 0.3) is 0 Å². The first kappa shape index (κ1) is 14.5. The Morgan fingerprint density at radius 2 is 1.76 bits per heavy atom. The molecular weight excluding hydrogens is 232 g/mol. The van der Waals surface area contributed by atoms with Crippen molar-refractivity contribution in [2.24, 2.45) is 5.73 Å². The van der Waals surface area contributed by atoms with E-state index in [-0.39, 0.29) is 5.54 Å². The third kappa shape index (κ3) is 3.01. The molecule has 0 radical (unpaired) electrons. The van der Waals surface area contributed by atoms with Gasteiger partial charge in [-0.2, -0.15) is 0 Å². The molecule has 0 bridgehead atoms. The van der Waals surface area contributed by atoms with Crippen molar-refractivity contribution in [3.8, 4) is 0 Å². The molecule has 0 aromatic heterocycles. The van der Waals surface area contributed by atoms with Gasteiger partial charge in [-0.05, 0) is 44.6 Å². The molecule has 17 heavy (non-hydrogen) atoms. The highest BCUT2D eigenvalue weighted by molar-refractivity contribution is 6.30. The second-order valence-corrected chi connectivity index (χ2v) is 5.22. The number of likely N-dealkylation sites (N-methyl/N-ethyl adjacent to an activating group) is 1. The number of halogens is 1. The normalized spacial score (nSPS) is 16.9. The van der Waals surface area contributed by atoms with Crippen molar-refractivity contribution >= 4 is 11.6 Å². The monoisotopic (exact) mass is 254 g/mol. The lowest BCUT2D eigenvalue weighted by molar-refractivity contribution is 0.165. The summed E-state index contributed by atoms with van der Waals surface area (Å²) >= 11 is 5.93. The molecule has 0 spiro atoms. The van der Waals surface area contributed by atoms with Gasteiger partial charge in [0.25, 0.3) is 0 Å². The van der Waals surface area contributed by atoms with Crippen LogP contribution in [0.4, 0.5) is 0 Å². The van der Waals surface area contributed by atoms with Crippen LogP contribution in [-0.4, -0.2) is 25.0 Å². The Morgan fingerprint density at radius 3 is 2.12 bits per heavy atom. The zero-order chi connectivity index (χ0) is 13.1. The first-order valence-electron chi connectivity index (χ1n) is 6.17. The van der Waals surface area contributed by atoms with Crippen molar-refractivity contribution in [2.75, 3.05) is 14.1 Å². The Labute approximate surface area is 110 Å². The maximum Gasteiger partial charge on any atom is 0.0564 e. The minimum absolute atomic E-state index is 0.317. The quantitative estimate of drug-likeness (QED) is 0.874. The van der Waals surface area contributed by atoms with Crippen LogP contribution >= 0.6 is 11.6 Å². The Morgan fingerprint density at radius 1 is 1.24 bits per heavy atom. The van der Waals surface area contributed by atoms with Crippen LogP contribution in [0, 0.1) is 0 Å². The molecule has 1 rings (SSSR count). The van der Waals surface area contributed by atoms with Crippen molar-refractivity contribution in [2.45, 2.75) is 38.3 Å². The fourth-order valence-corrected chi connectivity index (χ4v) is 2.71. The van der Waals surface area contributed by atoms with Crippen LogP contribution < -0.4 is 5.73 Å². The Balaban J connectivity index is 3.14. The number of hydrogen-bond donors (Lipinski definition) is 1. The number of nitrogens with zero attached hydrogens (tertiary/aromatic N) is 1. The van der Waals surface area contributed by atoms with Crippen molar-refractivity contribution in [1.29, 1.82) is 0 Å². The van der Waals surface area contributed by atoms with Crippen LogP contribution in [0.2, 0.25) is 5.02 Å². The summed E-state index contributed by atoms with van der Waals surface area (Å²) in [7, 11) is 4.17. The molecule has 96 valence electrons. The van der Waals surface area contributed by atoms with Crippen molar-refractivity contribution < 1.29 is 0 Å². The van der Waals surface area contributed by atoms with E-state index in [0.29, 0.717) is 6.04 Å². The maximum atomic E-state index is 6.64. The van der Waals surface area contributed by atoms with Gasteiger partial charge in [-0.15, -0.1) is 0 Å². The van der Waals surface area contributed by atoms with E-state index in [4.69, 9.17) is 17.3 Å². The van der Waals surface area contributed by atoms with E-state index in [1.165, 1.54) is 0 Å². The van der Waals surface area contributed by atoms with Crippen LogP contribution in [-0.2, 0) is 5.54 Å². The molecule has 2 N–H and O–H groups in total. The Kier molecular flexibility index (Phi) is 4.99. The molecule has 2 unspecified atom stereocenters. The molecule has 0 saturated heterocycles. The van der Waals surface area contributed by atoms with Crippen LogP contribution in [0.15, 0.2) is 24.3 Å². The van der Waals surface area contributed by atoms with Gasteiger partial charge in [0.05, 0.1) is 5.54 Å². The van der Waals surface area contributed by atoms with Gasteiger partial charge in [0, 0.05) is 11.1 Å². The summed E-state index contributed by atoms with van der Waals surface area (Å²) in [5.74, 6) is 0. The Bertz CT molecular complexity index is 348. The summed E-state index contributed by atoms with van der Waals surface area (Å²) in [5.41, 5.74) is 7.48. The summed E-state index contributed by atoms with van der Waals surface area (Å²) in [6.07, 6.45) is 1.94. The van der Waals surface area contributed by atoms with Gasteiger partial charge in [0.15, 0.2) is 0 Å². The fraction of sp³-hybridized carbons (Fsp3) is 0.571. The van der Waals surface area contributed by atoms with Gasteiger partial charge >= 0.3 is 0 Å². The molecule has 1 aromatic carbocycles. The highest BCUT2D eigenvalue weighted by atomic mass is 35.5. The van der Waals surface area contributed by atoms with Crippen molar-refractivity contribution in [3.05, 3.63) is 34.9 Å². The van der Waals surface area contributed by atoms with E-state index < -0.39 is 0 Å². The van der Waals surface area contributed by atoms with E-state index in [1.54, 1.807) is 0 Å². The molecule has 0 aliphatic heterocycles. The molecule has 2 nitrogen and oxygen atoms in total. The third-order valence-electron chi connectivity index (χ3n) is 3.57. The van der Waals surface area contributed by atoms with Crippen LogP contribution in [0.3, 0.4) is 0 Å². The number of nitrogens with two attached hydrogens (primary N) is 1. The predicted molar refractivity (Wildman–Crippen MR) is 75.4 cm³/mol. The zero-order valence-electron chi connectivity index (χ0n) is 11.2. The summed E-state index contributed by atoms with van der Waals surface area (Å²) in [6, 6.07) is 8.23. The van der Waals surface area contributed by atoms with E-state index in [0.717, 1.165) is 23.4 Å². The van der Waals surface area contributed by atoms with Gasteiger partial charge in [0.1, 0.15) is 0 Å². The minimum atomic E-state index is -0.317. The zero-order valence-corrected chi connectivity index (χ0v) is 12.0. The first-order valence-corrected chi connectivity index (χ1v) is 6.54. The number of hydrogen-bond acceptors (Lipinski definition) is 2. The molecule has 0 heterocycles. The molecule has 0 saturated carbocycles. The minimum Gasteiger partial charge on any atom is -0.320 e. The lowest BCUT2D eigenvalue weighted by atomic mass is 9.79. The van der Waals surface area contributed by atoms with Crippen molar-refractivity contribution in [3.63, 3.8) is 0 Å². The highest BCUT2D eigenvalue weighted by Crippen LogP contribution is 2.30. The van der Waals surface area contributed by atoms with E-state index >= 15 is 0 Å². The van der Waals surface area contributed by atoms with Gasteiger partial charge in [0.2, 0.25) is 0 Å². The van der Waals surface area contributed by atoms with Crippen LogP contribution in [0.1, 0.15) is 32.3 Å². The molecular formula is C14H23ClN2. The lowest BCUT2D eigenvalue weighted by Gasteiger charge is -2.41. The van der Waals surface area contributed by atoms with Crippen LogP contribution in [0.5, 0.6) is 0 Å². The van der Waals surface area contributed by atoms with E-state index in [2.05, 4.69) is 32.8 Å². The van der Waals surface area contributed by atoms with Gasteiger partial charge in [-0.1, -0.05) is 37.6 Å². The standard InChI is InChI=1S/C14H23ClN2/c1-5-13(17(3)4)14(16,6-2)11-7-9-12(15)10-8-11/h7-10,13H,5-6,16H2,1-4H3. The Hall–Kier alpha value is -0.570. The SMILES string of the molecule is CCC(N(C)C)C(N)(CC)c1ccc(Cl)cc1. The summed E-state index contributed by atoms with van der Waals surface area (Å²) < 4.78 is 0. The van der Waals surface area contributed by atoms with Gasteiger partial charge in [-0.25, -0.2) is 0 Å². The maximum absolute atomic E-state index is 6.64. The molecule has 0 aliphatic rings. The van der Waals surface area contributed by atoms with Gasteiger partial charge in [-0.3, -0.25) is 0 Å². The first-order chi connectivity index (χ1) is 7.95. The largest absolute Gasteiger partial charge is 0.320 e. The number of rotatable bonds is 5.